The minimum atomic E-state index is 0.358. The fourth-order valence-electron chi connectivity index (χ4n) is 3.30. The summed E-state index contributed by atoms with van der Waals surface area (Å²) in [5.41, 5.74) is 6.99. The van der Waals surface area contributed by atoms with E-state index in [0.29, 0.717) is 24.5 Å². The molecular weight excluding hydrogens is 352 g/mol. The summed E-state index contributed by atoms with van der Waals surface area (Å²) in [5, 5.41) is 3.17. The lowest BCUT2D eigenvalue weighted by atomic mass is 10.0. The summed E-state index contributed by atoms with van der Waals surface area (Å²) < 4.78 is 11.3. The summed E-state index contributed by atoms with van der Waals surface area (Å²) in [6.07, 6.45) is 0. The number of anilines is 1. The van der Waals surface area contributed by atoms with Gasteiger partial charge in [0.25, 0.3) is 0 Å². The van der Waals surface area contributed by atoms with Gasteiger partial charge >= 0.3 is 0 Å². The number of hydrogen-bond donors (Lipinski definition) is 2. The largest absolute Gasteiger partial charge is 0.457 e. The fourth-order valence-corrected chi connectivity index (χ4v) is 3.30. The second-order valence-electron chi connectivity index (χ2n) is 7.25. The summed E-state index contributed by atoms with van der Waals surface area (Å²) in [4.78, 5) is 7.03. The molecule has 2 aromatic rings. The van der Waals surface area contributed by atoms with Crippen molar-refractivity contribution in [3.8, 4) is 11.5 Å². The molecule has 1 atom stereocenters. The van der Waals surface area contributed by atoms with E-state index < -0.39 is 0 Å². The third-order valence-electron chi connectivity index (χ3n) is 4.82. The third kappa shape index (κ3) is 5.97. The van der Waals surface area contributed by atoms with Crippen molar-refractivity contribution in [1.82, 2.24) is 4.90 Å². The number of rotatable bonds is 7. The first-order chi connectivity index (χ1) is 13.6. The Kier molecular flexibility index (Phi) is 7.28. The van der Waals surface area contributed by atoms with Gasteiger partial charge in [-0.2, -0.15) is 0 Å². The summed E-state index contributed by atoms with van der Waals surface area (Å²) in [6, 6.07) is 17.8. The predicted molar refractivity (Wildman–Crippen MR) is 114 cm³/mol. The molecule has 1 fully saturated rings. The van der Waals surface area contributed by atoms with Crippen LogP contribution in [-0.4, -0.2) is 49.7 Å². The van der Waals surface area contributed by atoms with E-state index >= 15 is 0 Å². The second kappa shape index (κ2) is 10.1. The molecule has 0 amide bonds. The SMILES string of the molecule is CC(C)C(CN=C(N)Nc1cccc(Oc2ccccc2)c1)N1CCOCC1. The molecule has 0 radical (unpaired) electrons. The molecule has 1 heterocycles. The van der Waals surface area contributed by atoms with E-state index in [1.165, 1.54) is 0 Å². The monoisotopic (exact) mass is 382 g/mol. The van der Waals surface area contributed by atoms with Gasteiger partial charge in [-0.3, -0.25) is 9.89 Å². The van der Waals surface area contributed by atoms with Crippen molar-refractivity contribution in [2.75, 3.05) is 38.2 Å². The molecule has 1 aliphatic heterocycles. The smallest absolute Gasteiger partial charge is 0.193 e. The van der Waals surface area contributed by atoms with Crippen molar-refractivity contribution in [2.24, 2.45) is 16.6 Å². The average molecular weight is 383 g/mol. The van der Waals surface area contributed by atoms with Crippen LogP contribution in [0.5, 0.6) is 11.5 Å². The van der Waals surface area contributed by atoms with Gasteiger partial charge < -0.3 is 20.5 Å². The Morgan fingerprint density at radius 3 is 2.54 bits per heavy atom. The number of hydrogen-bond acceptors (Lipinski definition) is 4. The van der Waals surface area contributed by atoms with Crippen LogP contribution in [0.15, 0.2) is 59.6 Å². The molecule has 150 valence electrons. The van der Waals surface area contributed by atoms with Crippen molar-refractivity contribution < 1.29 is 9.47 Å². The van der Waals surface area contributed by atoms with E-state index in [2.05, 4.69) is 29.1 Å². The van der Waals surface area contributed by atoms with Crippen molar-refractivity contribution in [1.29, 1.82) is 0 Å². The van der Waals surface area contributed by atoms with Crippen LogP contribution in [0.3, 0.4) is 0 Å². The van der Waals surface area contributed by atoms with E-state index in [-0.39, 0.29) is 0 Å². The van der Waals surface area contributed by atoms with Gasteiger partial charge in [0.05, 0.1) is 19.8 Å². The molecule has 28 heavy (non-hydrogen) atoms. The van der Waals surface area contributed by atoms with Crippen molar-refractivity contribution in [2.45, 2.75) is 19.9 Å². The minimum absolute atomic E-state index is 0.358. The lowest BCUT2D eigenvalue weighted by Crippen LogP contribution is -2.47. The second-order valence-corrected chi connectivity index (χ2v) is 7.25. The Morgan fingerprint density at radius 1 is 1.11 bits per heavy atom. The molecule has 0 aromatic heterocycles. The van der Waals surface area contributed by atoms with Crippen LogP contribution in [0.1, 0.15) is 13.8 Å². The van der Waals surface area contributed by atoms with Crippen LogP contribution >= 0.6 is 0 Å². The quantitative estimate of drug-likeness (QED) is 0.566. The Balaban J connectivity index is 1.60. The number of benzene rings is 2. The molecular formula is C22H30N4O2. The van der Waals surface area contributed by atoms with Crippen molar-refractivity contribution in [3.63, 3.8) is 0 Å². The molecule has 1 unspecified atom stereocenters. The molecule has 0 aliphatic carbocycles. The highest BCUT2D eigenvalue weighted by atomic mass is 16.5. The Bertz CT molecular complexity index is 758. The first kappa shape index (κ1) is 20.2. The highest BCUT2D eigenvalue weighted by Gasteiger charge is 2.23. The zero-order valence-electron chi connectivity index (χ0n) is 16.7. The Morgan fingerprint density at radius 2 is 1.82 bits per heavy atom. The summed E-state index contributed by atoms with van der Waals surface area (Å²) in [5.74, 6) is 2.46. The summed E-state index contributed by atoms with van der Waals surface area (Å²) in [6.45, 7) is 8.59. The molecule has 0 bridgehead atoms. The number of aliphatic imine (C=N–C) groups is 1. The maximum Gasteiger partial charge on any atom is 0.193 e. The number of morpholine rings is 1. The number of para-hydroxylation sites is 1. The standard InChI is InChI=1S/C22H30N4O2/c1-17(2)21(26-11-13-27-14-12-26)16-24-22(23)25-18-7-6-10-20(15-18)28-19-8-4-3-5-9-19/h3-10,15,17,21H,11-14,16H2,1-2H3,(H3,23,24,25). The van der Waals surface area contributed by atoms with Crippen LogP contribution < -0.4 is 15.8 Å². The van der Waals surface area contributed by atoms with Gasteiger partial charge in [0.15, 0.2) is 5.96 Å². The highest BCUT2D eigenvalue weighted by molar-refractivity contribution is 5.92. The molecule has 6 nitrogen and oxygen atoms in total. The topological polar surface area (TPSA) is 72.1 Å². The molecule has 6 heteroatoms. The van der Waals surface area contributed by atoms with Gasteiger partial charge in [-0.15, -0.1) is 0 Å². The number of nitrogens with one attached hydrogen (secondary N) is 1. The molecule has 0 saturated carbocycles. The number of ether oxygens (including phenoxy) is 2. The fraction of sp³-hybridized carbons (Fsp3) is 0.409. The van der Waals surface area contributed by atoms with Crippen LogP contribution in [0, 0.1) is 5.92 Å². The molecule has 1 saturated heterocycles. The first-order valence-corrected chi connectivity index (χ1v) is 9.83. The summed E-state index contributed by atoms with van der Waals surface area (Å²) in [7, 11) is 0. The number of nitrogens with two attached hydrogens (primary N) is 1. The zero-order valence-corrected chi connectivity index (χ0v) is 16.7. The minimum Gasteiger partial charge on any atom is -0.457 e. The number of nitrogens with zero attached hydrogens (tertiary/aromatic N) is 2. The van der Waals surface area contributed by atoms with Crippen LogP contribution in [0.25, 0.3) is 0 Å². The van der Waals surface area contributed by atoms with Gasteiger partial charge in [-0.1, -0.05) is 38.1 Å². The molecule has 1 aliphatic rings. The lowest BCUT2D eigenvalue weighted by molar-refractivity contribution is 0.00870. The molecule has 2 aromatic carbocycles. The van der Waals surface area contributed by atoms with Crippen molar-refractivity contribution in [3.05, 3.63) is 54.6 Å². The highest BCUT2D eigenvalue weighted by Crippen LogP contribution is 2.23. The van der Waals surface area contributed by atoms with Gasteiger partial charge in [0, 0.05) is 30.9 Å². The van der Waals surface area contributed by atoms with E-state index in [4.69, 9.17) is 15.2 Å². The average Bonchev–Trinajstić information content (AvgIpc) is 2.70. The Hall–Kier alpha value is -2.57. The van der Waals surface area contributed by atoms with E-state index in [0.717, 1.165) is 43.5 Å². The van der Waals surface area contributed by atoms with Crippen LogP contribution in [0.4, 0.5) is 5.69 Å². The third-order valence-corrected chi connectivity index (χ3v) is 4.82. The number of guanidine groups is 1. The zero-order chi connectivity index (χ0) is 19.8. The van der Waals surface area contributed by atoms with E-state index in [9.17, 15) is 0 Å². The van der Waals surface area contributed by atoms with Crippen molar-refractivity contribution >= 4 is 11.6 Å². The van der Waals surface area contributed by atoms with Crippen LogP contribution in [-0.2, 0) is 4.74 Å². The van der Waals surface area contributed by atoms with E-state index in [1.54, 1.807) is 0 Å². The predicted octanol–water partition coefficient (Wildman–Crippen LogP) is 3.56. The summed E-state index contributed by atoms with van der Waals surface area (Å²) >= 11 is 0. The first-order valence-electron chi connectivity index (χ1n) is 9.83. The maximum absolute atomic E-state index is 6.14. The normalized spacial score (nSPS) is 16.8. The maximum atomic E-state index is 6.14. The molecule has 3 N–H and O–H groups in total. The molecule has 0 spiro atoms. The van der Waals surface area contributed by atoms with Gasteiger partial charge in [-0.05, 0) is 30.2 Å². The van der Waals surface area contributed by atoms with E-state index in [1.807, 2.05) is 54.6 Å². The Labute approximate surface area is 167 Å². The van der Waals surface area contributed by atoms with Gasteiger partial charge in [0.1, 0.15) is 11.5 Å². The molecule has 3 rings (SSSR count). The van der Waals surface area contributed by atoms with Gasteiger partial charge in [-0.25, -0.2) is 0 Å². The van der Waals surface area contributed by atoms with Gasteiger partial charge in [0.2, 0.25) is 0 Å². The van der Waals surface area contributed by atoms with Crippen LogP contribution in [0.2, 0.25) is 0 Å². The lowest BCUT2D eigenvalue weighted by Gasteiger charge is -2.36.